The summed E-state index contributed by atoms with van der Waals surface area (Å²) < 4.78 is 12.1. The number of aryl methyl sites for hydroxylation is 1. The van der Waals surface area contributed by atoms with Gasteiger partial charge in [-0.25, -0.2) is 4.90 Å². The minimum atomic E-state index is -1.82. The van der Waals surface area contributed by atoms with Crippen molar-refractivity contribution in [2.75, 3.05) is 12.0 Å². The third kappa shape index (κ3) is 4.62. The van der Waals surface area contributed by atoms with E-state index in [2.05, 4.69) is 10.3 Å². The normalized spacial score (nSPS) is 22.3. The van der Waals surface area contributed by atoms with Gasteiger partial charge in [0, 0.05) is 35.1 Å². The lowest BCUT2D eigenvalue weighted by atomic mass is 9.76. The van der Waals surface area contributed by atoms with Gasteiger partial charge in [0.25, 0.3) is 0 Å². The molecule has 232 valence electrons. The number of imide groups is 1. The van der Waals surface area contributed by atoms with Crippen molar-refractivity contribution >= 4 is 34.4 Å². The second kappa shape index (κ2) is 11.5. The van der Waals surface area contributed by atoms with Gasteiger partial charge in [-0.1, -0.05) is 78.9 Å². The van der Waals surface area contributed by atoms with Gasteiger partial charge in [0.15, 0.2) is 11.5 Å². The van der Waals surface area contributed by atoms with E-state index in [0.29, 0.717) is 22.7 Å². The van der Waals surface area contributed by atoms with Crippen molar-refractivity contribution in [3.63, 3.8) is 0 Å². The summed E-state index contributed by atoms with van der Waals surface area (Å²) in [5.41, 5.74) is 2.41. The number of carboxylic acid groups (broad SMARTS) is 1. The number of aromatic amines is 1. The lowest BCUT2D eigenvalue weighted by molar-refractivity contribution is -0.148. The van der Waals surface area contributed by atoms with Crippen molar-refractivity contribution in [2.24, 2.45) is 11.8 Å². The van der Waals surface area contributed by atoms with Crippen LogP contribution < -0.4 is 19.7 Å². The Morgan fingerprint density at radius 3 is 2.41 bits per heavy atom. The van der Waals surface area contributed by atoms with Crippen molar-refractivity contribution in [2.45, 2.75) is 31.5 Å². The molecule has 0 spiro atoms. The minimum absolute atomic E-state index is 0.0329. The van der Waals surface area contributed by atoms with Crippen molar-refractivity contribution < 1.29 is 29.0 Å². The molecule has 2 saturated heterocycles. The van der Waals surface area contributed by atoms with E-state index in [4.69, 9.17) is 9.47 Å². The number of rotatable bonds is 9. The highest BCUT2D eigenvalue weighted by Gasteiger charge is 2.69. The molecule has 1 aromatic heterocycles. The lowest BCUT2D eigenvalue weighted by Crippen LogP contribution is -2.57. The summed E-state index contributed by atoms with van der Waals surface area (Å²) in [5.74, 6) is -3.63. The molecule has 4 unspecified atom stereocenters. The number of ether oxygens (including phenoxy) is 2. The zero-order chi connectivity index (χ0) is 32.0. The Bertz CT molecular complexity index is 1970. The molecular formula is C37H33N3O6. The van der Waals surface area contributed by atoms with Crippen molar-refractivity contribution in [3.05, 3.63) is 126 Å². The highest BCUT2D eigenvalue weighted by Crippen LogP contribution is 2.53. The maximum atomic E-state index is 14.5. The summed E-state index contributed by atoms with van der Waals surface area (Å²) in [4.78, 5) is 47.0. The summed E-state index contributed by atoms with van der Waals surface area (Å²) >= 11 is 0. The predicted molar refractivity (Wildman–Crippen MR) is 173 cm³/mol. The molecule has 2 amide bonds. The highest BCUT2D eigenvalue weighted by atomic mass is 16.5. The molecule has 9 heteroatoms. The number of benzene rings is 4. The van der Waals surface area contributed by atoms with E-state index in [0.717, 1.165) is 27.6 Å². The fourth-order valence-electron chi connectivity index (χ4n) is 7.16. The van der Waals surface area contributed by atoms with Gasteiger partial charge in [-0.3, -0.25) is 19.7 Å². The van der Waals surface area contributed by atoms with Gasteiger partial charge >= 0.3 is 5.97 Å². The Kier molecular flexibility index (Phi) is 7.33. The molecule has 0 aliphatic carbocycles. The van der Waals surface area contributed by atoms with E-state index in [1.54, 1.807) is 36.5 Å². The number of fused-ring (bicyclic) bond motifs is 2. The molecule has 0 bridgehead atoms. The number of nitrogens with one attached hydrogen (secondary N) is 2. The number of aliphatic carboxylic acids is 1. The van der Waals surface area contributed by atoms with E-state index in [-0.39, 0.29) is 13.0 Å². The smallest absolute Gasteiger partial charge is 0.325 e. The quantitative estimate of drug-likeness (QED) is 0.185. The number of H-pyrrole nitrogens is 1. The Labute approximate surface area is 265 Å². The molecular weight excluding hydrogens is 582 g/mol. The molecule has 0 saturated carbocycles. The maximum Gasteiger partial charge on any atom is 0.325 e. The van der Waals surface area contributed by atoms with Crippen LogP contribution in [0.4, 0.5) is 5.69 Å². The minimum Gasteiger partial charge on any atom is -0.493 e. The molecule has 3 heterocycles. The Balaban J connectivity index is 1.39. The lowest BCUT2D eigenvalue weighted by Gasteiger charge is -2.31. The Morgan fingerprint density at radius 2 is 1.65 bits per heavy atom. The third-order valence-electron chi connectivity index (χ3n) is 9.33. The first kappa shape index (κ1) is 29.3. The van der Waals surface area contributed by atoms with Crippen LogP contribution in [0.1, 0.15) is 28.3 Å². The maximum absolute atomic E-state index is 14.5. The summed E-state index contributed by atoms with van der Waals surface area (Å²) in [6.07, 6.45) is 1.74. The number of carbonyl (C=O) groups excluding carboxylic acids is 2. The van der Waals surface area contributed by atoms with Crippen LogP contribution >= 0.6 is 0 Å². The monoisotopic (exact) mass is 615 g/mol. The van der Waals surface area contributed by atoms with E-state index in [1.165, 1.54) is 12.0 Å². The topological polar surface area (TPSA) is 121 Å². The van der Waals surface area contributed by atoms with Gasteiger partial charge in [-0.15, -0.1) is 0 Å². The zero-order valence-electron chi connectivity index (χ0n) is 25.4. The molecule has 2 fully saturated rings. The molecule has 2 aliphatic rings. The van der Waals surface area contributed by atoms with Gasteiger partial charge in [0.2, 0.25) is 11.8 Å². The number of carboxylic acids is 1. The van der Waals surface area contributed by atoms with Gasteiger partial charge in [-0.05, 0) is 41.8 Å². The van der Waals surface area contributed by atoms with Gasteiger partial charge < -0.3 is 19.6 Å². The Morgan fingerprint density at radius 1 is 0.913 bits per heavy atom. The molecule has 7 rings (SSSR count). The van der Waals surface area contributed by atoms with Crippen LogP contribution in [0.15, 0.2) is 103 Å². The molecule has 9 nitrogen and oxygen atoms in total. The van der Waals surface area contributed by atoms with Crippen LogP contribution in [-0.2, 0) is 27.4 Å². The number of hydrogen-bond acceptors (Lipinski definition) is 6. The average Bonchev–Trinajstić information content (AvgIpc) is 3.72. The van der Waals surface area contributed by atoms with Gasteiger partial charge in [0.1, 0.15) is 12.1 Å². The van der Waals surface area contributed by atoms with Crippen molar-refractivity contribution in [1.29, 1.82) is 0 Å². The number of methoxy groups -OCH3 is 1. The summed E-state index contributed by atoms with van der Waals surface area (Å²) in [6.45, 7) is 2.05. The first-order valence-corrected chi connectivity index (χ1v) is 15.2. The van der Waals surface area contributed by atoms with Crippen molar-refractivity contribution in [1.82, 2.24) is 10.3 Å². The number of para-hydroxylation sites is 3. The average molecular weight is 616 g/mol. The number of amides is 2. The standard InChI is InChI=1S/C37H33N3O6/c1-22-11-6-9-17-28(22)40-34(41)30-31(35(40)42)37(36(43)44,19-24-20-38-27-16-8-7-14-25(24)27)39-32(30)26-15-10-18-29(45-2)33(26)46-21-23-12-4-3-5-13-23/h3-18,20,30-32,38-39H,19,21H2,1-2H3,(H,43,44). The van der Waals surface area contributed by atoms with Crippen LogP contribution in [-0.4, -0.2) is 40.5 Å². The van der Waals surface area contributed by atoms with E-state index in [9.17, 15) is 19.5 Å². The van der Waals surface area contributed by atoms with E-state index >= 15 is 0 Å². The summed E-state index contributed by atoms with van der Waals surface area (Å²) in [5, 5.41) is 15.3. The molecule has 5 aromatic rings. The second-order valence-electron chi connectivity index (χ2n) is 11.9. The molecule has 3 N–H and O–H groups in total. The van der Waals surface area contributed by atoms with Crippen LogP contribution in [0.2, 0.25) is 0 Å². The van der Waals surface area contributed by atoms with Crippen LogP contribution in [0, 0.1) is 18.8 Å². The van der Waals surface area contributed by atoms with Crippen LogP contribution in [0.25, 0.3) is 10.9 Å². The van der Waals surface area contributed by atoms with Gasteiger partial charge in [-0.2, -0.15) is 0 Å². The van der Waals surface area contributed by atoms with Gasteiger partial charge in [0.05, 0.1) is 24.6 Å². The zero-order valence-corrected chi connectivity index (χ0v) is 25.4. The number of carbonyl (C=O) groups is 3. The number of hydrogen-bond donors (Lipinski definition) is 3. The predicted octanol–water partition coefficient (Wildman–Crippen LogP) is 5.58. The highest BCUT2D eigenvalue weighted by molar-refractivity contribution is 6.24. The molecule has 4 aromatic carbocycles. The summed E-state index contributed by atoms with van der Waals surface area (Å²) in [7, 11) is 1.53. The fraction of sp³-hybridized carbons (Fsp3) is 0.216. The molecule has 2 aliphatic heterocycles. The number of nitrogens with zero attached hydrogens (tertiary/aromatic N) is 1. The first-order chi connectivity index (χ1) is 22.3. The number of anilines is 1. The summed E-state index contributed by atoms with van der Waals surface area (Å²) in [6, 6.07) is 28.8. The molecule has 0 radical (unpaired) electrons. The SMILES string of the molecule is COc1cccc(C2NC(Cc3c[nH]c4ccccc34)(C(=O)O)C3C(=O)N(c4ccccc4C)C(=O)C23)c1OCc1ccccc1. The Hall–Kier alpha value is -5.41. The third-order valence-corrected chi connectivity index (χ3v) is 9.33. The largest absolute Gasteiger partial charge is 0.493 e. The van der Waals surface area contributed by atoms with E-state index in [1.807, 2.05) is 73.7 Å². The second-order valence-corrected chi connectivity index (χ2v) is 11.9. The molecule has 4 atom stereocenters. The number of aromatic nitrogens is 1. The fourth-order valence-corrected chi connectivity index (χ4v) is 7.16. The molecule has 46 heavy (non-hydrogen) atoms. The first-order valence-electron chi connectivity index (χ1n) is 15.2. The van der Waals surface area contributed by atoms with Crippen LogP contribution in [0.3, 0.4) is 0 Å². The van der Waals surface area contributed by atoms with E-state index < -0.39 is 41.2 Å². The van der Waals surface area contributed by atoms with Crippen molar-refractivity contribution in [3.8, 4) is 11.5 Å². The van der Waals surface area contributed by atoms with Crippen LogP contribution in [0.5, 0.6) is 11.5 Å².